The molecule has 9 heteroatoms. The van der Waals surface area contributed by atoms with Crippen LogP contribution >= 0.6 is 11.6 Å². The summed E-state index contributed by atoms with van der Waals surface area (Å²) in [5, 5.41) is 13.8. The molecule has 0 fully saturated rings. The number of carbonyl (C=O) groups excluding carboxylic acids is 2. The fourth-order valence-electron chi connectivity index (χ4n) is 1.31. The molecule has 2 rings (SSSR count). The summed E-state index contributed by atoms with van der Waals surface area (Å²) in [6, 6.07) is 2.90. The van der Waals surface area contributed by atoms with E-state index in [1.54, 1.807) is 0 Å². The van der Waals surface area contributed by atoms with Crippen molar-refractivity contribution in [3.05, 3.63) is 35.4 Å². The molecule has 0 aliphatic rings. The van der Waals surface area contributed by atoms with Crippen molar-refractivity contribution in [2.75, 3.05) is 5.32 Å². The van der Waals surface area contributed by atoms with Gasteiger partial charge in [0.2, 0.25) is 5.91 Å². The number of amides is 2. The minimum Gasteiger partial charge on any atom is -0.368 e. The Morgan fingerprint density at radius 2 is 2.16 bits per heavy atom. The van der Waals surface area contributed by atoms with Crippen LogP contribution in [0.25, 0.3) is 0 Å². The molecule has 0 saturated heterocycles. The predicted molar refractivity (Wildman–Crippen MR) is 66.4 cm³/mol. The van der Waals surface area contributed by atoms with Gasteiger partial charge in [0.25, 0.3) is 5.91 Å². The Balaban J connectivity index is 2.04. The lowest BCUT2D eigenvalue weighted by atomic mass is 10.3. The molecule has 2 aromatic rings. The number of nitrogens with two attached hydrogens (primary N) is 1. The molecule has 2 amide bonds. The van der Waals surface area contributed by atoms with Gasteiger partial charge >= 0.3 is 0 Å². The summed E-state index contributed by atoms with van der Waals surface area (Å²) in [6.07, 6.45) is 2.87. The molecule has 98 valence electrons. The average molecular weight is 281 g/mol. The van der Waals surface area contributed by atoms with Crippen LogP contribution in [0.1, 0.15) is 10.5 Å². The number of aromatic nitrogens is 4. The summed E-state index contributed by atoms with van der Waals surface area (Å²) in [6.45, 7) is -0.0589. The molecule has 2 aromatic heterocycles. The van der Waals surface area contributed by atoms with E-state index in [0.29, 0.717) is 5.69 Å². The Kier molecular flexibility index (Phi) is 3.71. The molecule has 0 radical (unpaired) electrons. The molecule has 3 N–H and O–H groups in total. The minimum absolute atomic E-state index is 0.0589. The van der Waals surface area contributed by atoms with Gasteiger partial charge in [0, 0.05) is 6.20 Å². The lowest BCUT2D eigenvalue weighted by molar-refractivity contribution is -0.118. The van der Waals surface area contributed by atoms with Crippen molar-refractivity contribution < 1.29 is 9.59 Å². The van der Waals surface area contributed by atoms with E-state index in [2.05, 4.69) is 20.6 Å². The summed E-state index contributed by atoms with van der Waals surface area (Å²) >= 11 is 5.57. The van der Waals surface area contributed by atoms with Crippen LogP contribution in [0.3, 0.4) is 0 Å². The maximum atomic E-state index is 11.8. The van der Waals surface area contributed by atoms with Crippen LogP contribution in [0.2, 0.25) is 5.15 Å². The highest BCUT2D eigenvalue weighted by Crippen LogP contribution is 2.08. The van der Waals surface area contributed by atoms with Gasteiger partial charge in [-0.1, -0.05) is 11.6 Å². The number of halogens is 1. The van der Waals surface area contributed by atoms with Gasteiger partial charge in [0.05, 0.1) is 11.9 Å². The quantitative estimate of drug-likeness (QED) is 0.822. The zero-order valence-corrected chi connectivity index (χ0v) is 10.3. The third-order valence-electron chi connectivity index (χ3n) is 2.07. The first-order chi connectivity index (χ1) is 9.04. The molecule has 0 bridgehead atoms. The summed E-state index contributed by atoms with van der Waals surface area (Å²) in [4.78, 5) is 22.5. The normalized spacial score (nSPS) is 10.2. The first kappa shape index (κ1) is 13.0. The Bertz CT molecular complexity index is 609. The Morgan fingerprint density at radius 3 is 2.79 bits per heavy atom. The van der Waals surface area contributed by atoms with Crippen LogP contribution in [0, 0.1) is 0 Å². The second kappa shape index (κ2) is 5.44. The summed E-state index contributed by atoms with van der Waals surface area (Å²) in [5.41, 5.74) is 5.56. The standard InChI is InChI=1S/C10H9ClN6O2/c11-8-2-1-7(15-16-8)10(19)14-6-3-13-17(4-6)5-9(12)18/h1-4H,5H2,(H2,12,18)(H,14,19). The van der Waals surface area contributed by atoms with Gasteiger partial charge in [-0.3, -0.25) is 14.3 Å². The fourth-order valence-corrected chi connectivity index (χ4v) is 1.41. The summed E-state index contributed by atoms with van der Waals surface area (Å²) in [5.74, 6) is -0.979. The highest BCUT2D eigenvalue weighted by molar-refractivity contribution is 6.29. The molecule has 0 spiro atoms. The monoisotopic (exact) mass is 280 g/mol. The number of rotatable bonds is 4. The van der Waals surface area contributed by atoms with Gasteiger partial charge in [-0.2, -0.15) is 5.10 Å². The number of nitrogens with zero attached hydrogens (tertiary/aromatic N) is 4. The number of hydrogen-bond acceptors (Lipinski definition) is 5. The van der Waals surface area contributed by atoms with Gasteiger partial charge in [-0.25, -0.2) is 0 Å². The van der Waals surface area contributed by atoms with E-state index in [1.807, 2.05) is 0 Å². The molecule has 0 aromatic carbocycles. The van der Waals surface area contributed by atoms with Crippen LogP contribution in [0.5, 0.6) is 0 Å². The molecule has 8 nitrogen and oxygen atoms in total. The third-order valence-corrected chi connectivity index (χ3v) is 2.28. The number of carbonyl (C=O) groups is 2. The molecule has 19 heavy (non-hydrogen) atoms. The first-order valence-electron chi connectivity index (χ1n) is 5.16. The van der Waals surface area contributed by atoms with Crippen LogP contribution in [0.15, 0.2) is 24.5 Å². The average Bonchev–Trinajstić information content (AvgIpc) is 2.76. The molecule has 0 saturated carbocycles. The van der Waals surface area contributed by atoms with E-state index in [-0.39, 0.29) is 17.4 Å². The molecular weight excluding hydrogens is 272 g/mol. The van der Waals surface area contributed by atoms with Gasteiger partial charge in [-0.05, 0) is 12.1 Å². The number of primary amides is 1. The molecule has 0 aliphatic heterocycles. The Hall–Kier alpha value is -2.48. The minimum atomic E-state index is -0.524. The van der Waals surface area contributed by atoms with Crippen molar-refractivity contribution in [2.24, 2.45) is 5.73 Å². The van der Waals surface area contributed by atoms with Crippen LogP contribution in [-0.2, 0) is 11.3 Å². The van der Waals surface area contributed by atoms with Crippen molar-refractivity contribution in [2.45, 2.75) is 6.54 Å². The van der Waals surface area contributed by atoms with Crippen molar-refractivity contribution in [1.29, 1.82) is 0 Å². The second-order valence-corrected chi connectivity index (χ2v) is 3.98. The number of nitrogens with one attached hydrogen (secondary N) is 1. The molecule has 0 unspecified atom stereocenters. The van der Waals surface area contributed by atoms with Crippen molar-refractivity contribution >= 4 is 29.1 Å². The number of anilines is 1. The fraction of sp³-hybridized carbons (Fsp3) is 0.100. The highest BCUT2D eigenvalue weighted by Gasteiger charge is 2.10. The SMILES string of the molecule is NC(=O)Cn1cc(NC(=O)c2ccc(Cl)nn2)cn1. The van der Waals surface area contributed by atoms with E-state index in [4.69, 9.17) is 17.3 Å². The lowest BCUT2D eigenvalue weighted by Gasteiger charge is -2.00. The first-order valence-corrected chi connectivity index (χ1v) is 5.54. The third kappa shape index (κ3) is 3.49. The van der Waals surface area contributed by atoms with E-state index in [9.17, 15) is 9.59 Å². The van der Waals surface area contributed by atoms with Gasteiger partial charge < -0.3 is 11.1 Å². The van der Waals surface area contributed by atoms with Crippen molar-refractivity contribution in [1.82, 2.24) is 20.0 Å². The zero-order valence-electron chi connectivity index (χ0n) is 9.58. The largest absolute Gasteiger partial charge is 0.368 e. The van der Waals surface area contributed by atoms with Crippen molar-refractivity contribution in [3.8, 4) is 0 Å². The van der Waals surface area contributed by atoms with E-state index in [0.717, 1.165) is 0 Å². The molecule has 0 aliphatic carbocycles. The van der Waals surface area contributed by atoms with Crippen LogP contribution in [-0.4, -0.2) is 31.8 Å². The predicted octanol–water partition coefficient (Wildman–Crippen LogP) is 0.0641. The van der Waals surface area contributed by atoms with E-state index < -0.39 is 11.8 Å². The summed E-state index contributed by atoms with van der Waals surface area (Å²) < 4.78 is 1.31. The van der Waals surface area contributed by atoms with Crippen LogP contribution in [0.4, 0.5) is 5.69 Å². The highest BCUT2D eigenvalue weighted by atomic mass is 35.5. The second-order valence-electron chi connectivity index (χ2n) is 3.59. The van der Waals surface area contributed by atoms with Crippen molar-refractivity contribution in [3.63, 3.8) is 0 Å². The molecular formula is C10H9ClN6O2. The topological polar surface area (TPSA) is 116 Å². The zero-order chi connectivity index (χ0) is 13.8. The Morgan fingerprint density at radius 1 is 1.37 bits per heavy atom. The summed E-state index contributed by atoms with van der Waals surface area (Å²) in [7, 11) is 0. The lowest BCUT2D eigenvalue weighted by Crippen LogP contribution is -2.18. The smallest absolute Gasteiger partial charge is 0.276 e. The van der Waals surface area contributed by atoms with Gasteiger partial charge in [0.1, 0.15) is 6.54 Å². The Labute approximate surface area is 112 Å². The van der Waals surface area contributed by atoms with Gasteiger partial charge in [-0.15, -0.1) is 10.2 Å². The molecule has 2 heterocycles. The maximum Gasteiger partial charge on any atom is 0.276 e. The molecule has 0 atom stereocenters. The van der Waals surface area contributed by atoms with Crippen LogP contribution < -0.4 is 11.1 Å². The maximum absolute atomic E-state index is 11.8. The van der Waals surface area contributed by atoms with E-state index >= 15 is 0 Å². The van der Waals surface area contributed by atoms with E-state index in [1.165, 1.54) is 29.2 Å². The van der Waals surface area contributed by atoms with Gasteiger partial charge in [0.15, 0.2) is 10.8 Å². The number of hydrogen-bond donors (Lipinski definition) is 2.